The van der Waals surface area contributed by atoms with Gasteiger partial charge in [0.2, 0.25) is 0 Å². The Morgan fingerprint density at radius 3 is 2.65 bits per heavy atom. The van der Waals surface area contributed by atoms with Crippen LogP contribution in [0.3, 0.4) is 0 Å². The first-order valence-corrected chi connectivity index (χ1v) is 6.58. The molecule has 20 heavy (non-hydrogen) atoms. The summed E-state index contributed by atoms with van der Waals surface area (Å²) < 4.78 is 11.0. The van der Waals surface area contributed by atoms with Crippen LogP contribution in [-0.4, -0.2) is 39.1 Å². The lowest BCUT2D eigenvalue weighted by Gasteiger charge is -2.12. The van der Waals surface area contributed by atoms with Gasteiger partial charge in [-0.2, -0.15) is 5.26 Å². The molecule has 0 radical (unpaired) electrons. The molecule has 0 bridgehead atoms. The van der Waals surface area contributed by atoms with E-state index in [0.717, 1.165) is 12.8 Å². The first-order valence-electron chi connectivity index (χ1n) is 6.58. The lowest BCUT2D eigenvalue weighted by Crippen LogP contribution is -2.07. The van der Waals surface area contributed by atoms with Crippen molar-refractivity contribution < 1.29 is 9.47 Å². The van der Waals surface area contributed by atoms with Crippen LogP contribution in [0.2, 0.25) is 0 Å². The molecule has 0 N–H and O–H groups in total. The monoisotopic (exact) mass is 275 g/mol. The number of unbranched alkanes of at least 4 members (excludes halogenated alkanes) is 1. The van der Waals surface area contributed by atoms with E-state index in [1.165, 1.54) is 0 Å². The normalized spacial score (nSPS) is 10.3. The highest BCUT2D eigenvalue weighted by molar-refractivity contribution is 5.68. The van der Waals surface area contributed by atoms with Crippen LogP contribution in [-0.2, 0) is 0 Å². The number of rotatable bonds is 7. The molecule has 1 aromatic rings. The van der Waals surface area contributed by atoms with Crippen LogP contribution in [0.4, 0.5) is 5.69 Å². The van der Waals surface area contributed by atoms with Gasteiger partial charge in [-0.3, -0.25) is 0 Å². The zero-order valence-electron chi connectivity index (χ0n) is 12.5. The van der Waals surface area contributed by atoms with Crippen LogP contribution in [0.15, 0.2) is 17.1 Å². The van der Waals surface area contributed by atoms with Crippen molar-refractivity contribution in [1.82, 2.24) is 4.90 Å². The molecule has 0 atom stereocenters. The van der Waals surface area contributed by atoms with Crippen molar-refractivity contribution in [3.8, 4) is 17.6 Å². The predicted octanol–water partition coefficient (Wildman–Crippen LogP) is 2.97. The molecule has 0 aliphatic heterocycles. The van der Waals surface area contributed by atoms with Gasteiger partial charge in [-0.1, -0.05) is 13.3 Å². The summed E-state index contributed by atoms with van der Waals surface area (Å²) in [7, 11) is 5.32. The van der Waals surface area contributed by atoms with E-state index in [0.29, 0.717) is 29.4 Å². The fourth-order valence-electron chi connectivity index (χ4n) is 1.52. The topological polar surface area (TPSA) is 57.8 Å². The van der Waals surface area contributed by atoms with Crippen molar-refractivity contribution in [2.45, 2.75) is 19.8 Å². The lowest BCUT2D eigenvalue weighted by atomic mass is 10.1. The third-order valence-corrected chi connectivity index (χ3v) is 2.59. The molecule has 0 spiro atoms. The molecule has 0 saturated carbocycles. The summed E-state index contributed by atoms with van der Waals surface area (Å²) in [5, 5.41) is 9.21. The first kappa shape index (κ1) is 15.8. The number of nitriles is 1. The number of hydrogen-bond acceptors (Lipinski definition) is 4. The molecule has 1 rings (SSSR count). The number of benzene rings is 1. The molecule has 0 aliphatic carbocycles. The van der Waals surface area contributed by atoms with Gasteiger partial charge in [0.25, 0.3) is 0 Å². The maximum absolute atomic E-state index is 9.21. The van der Waals surface area contributed by atoms with Gasteiger partial charge in [-0.25, -0.2) is 4.99 Å². The van der Waals surface area contributed by atoms with Gasteiger partial charge >= 0.3 is 0 Å². The Bertz CT molecular complexity index is 505. The highest BCUT2D eigenvalue weighted by Gasteiger charge is 2.11. The van der Waals surface area contributed by atoms with Crippen molar-refractivity contribution in [2.24, 2.45) is 4.99 Å². The van der Waals surface area contributed by atoms with E-state index in [2.05, 4.69) is 18.0 Å². The van der Waals surface area contributed by atoms with E-state index in [4.69, 9.17) is 9.47 Å². The van der Waals surface area contributed by atoms with Crippen molar-refractivity contribution in [3.63, 3.8) is 0 Å². The maximum Gasteiger partial charge on any atom is 0.162 e. The Balaban J connectivity index is 3.07. The Morgan fingerprint density at radius 2 is 2.10 bits per heavy atom. The molecular weight excluding hydrogens is 254 g/mol. The minimum Gasteiger partial charge on any atom is -0.493 e. The summed E-state index contributed by atoms with van der Waals surface area (Å²) in [6.45, 7) is 2.71. The largest absolute Gasteiger partial charge is 0.493 e. The van der Waals surface area contributed by atoms with E-state index >= 15 is 0 Å². The second-order valence-corrected chi connectivity index (χ2v) is 4.54. The summed E-state index contributed by atoms with van der Waals surface area (Å²) in [6, 6.07) is 5.53. The highest BCUT2D eigenvalue weighted by Crippen LogP contribution is 2.34. The minimum atomic E-state index is 0.468. The number of nitrogens with zero attached hydrogens (tertiary/aromatic N) is 3. The Kier molecular flexibility index (Phi) is 6.38. The van der Waals surface area contributed by atoms with Crippen molar-refractivity contribution >= 4 is 12.0 Å². The Morgan fingerprint density at radius 1 is 1.35 bits per heavy atom. The molecular formula is C15H21N3O2. The third-order valence-electron chi connectivity index (χ3n) is 2.59. The Hall–Kier alpha value is -2.22. The van der Waals surface area contributed by atoms with Gasteiger partial charge < -0.3 is 14.4 Å². The van der Waals surface area contributed by atoms with E-state index in [-0.39, 0.29) is 0 Å². The molecule has 0 fully saturated rings. The number of aliphatic imine (C=N–C) groups is 1. The van der Waals surface area contributed by atoms with Gasteiger partial charge in [-0.05, 0) is 6.42 Å². The van der Waals surface area contributed by atoms with Crippen molar-refractivity contribution in [1.29, 1.82) is 5.26 Å². The van der Waals surface area contributed by atoms with Gasteiger partial charge in [0.05, 0.1) is 31.3 Å². The summed E-state index contributed by atoms with van der Waals surface area (Å²) in [5.41, 5.74) is 1.04. The summed E-state index contributed by atoms with van der Waals surface area (Å²) in [6.07, 6.45) is 3.66. The van der Waals surface area contributed by atoms with Crippen LogP contribution >= 0.6 is 0 Å². The van der Waals surface area contributed by atoms with Crippen LogP contribution in [0, 0.1) is 11.3 Å². The third kappa shape index (κ3) is 4.47. The molecule has 108 valence electrons. The molecule has 0 aliphatic rings. The summed E-state index contributed by atoms with van der Waals surface area (Å²) >= 11 is 0. The fraction of sp³-hybridized carbons (Fsp3) is 0.467. The second-order valence-electron chi connectivity index (χ2n) is 4.54. The summed E-state index contributed by atoms with van der Waals surface area (Å²) in [4.78, 5) is 6.07. The standard InChI is InChI=1S/C15H21N3O2/c1-5-6-7-20-15-8-12(10-16)13(9-14(15)19-4)17-11-18(2)3/h8-9,11H,5-7H2,1-4H3/b17-11+. The van der Waals surface area contributed by atoms with E-state index in [1.807, 2.05) is 14.1 Å². The number of methoxy groups -OCH3 is 1. The molecule has 0 heterocycles. The molecule has 5 nitrogen and oxygen atoms in total. The smallest absolute Gasteiger partial charge is 0.162 e. The number of ether oxygens (including phenoxy) is 2. The lowest BCUT2D eigenvalue weighted by molar-refractivity contribution is 0.288. The van der Waals surface area contributed by atoms with Gasteiger partial charge in [0.15, 0.2) is 11.5 Å². The van der Waals surface area contributed by atoms with Crippen LogP contribution in [0.5, 0.6) is 11.5 Å². The van der Waals surface area contributed by atoms with Crippen LogP contribution < -0.4 is 9.47 Å². The molecule has 0 unspecified atom stereocenters. The van der Waals surface area contributed by atoms with Crippen molar-refractivity contribution in [2.75, 3.05) is 27.8 Å². The van der Waals surface area contributed by atoms with Gasteiger partial charge in [-0.15, -0.1) is 0 Å². The average Bonchev–Trinajstić information content (AvgIpc) is 2.45. The molecule has 0 amide bonds. The maximum atomic E-state index is 9.21. The quantitative estimate of drug-likeness (QED) is 0.436. The van der Waals surface area contributed by atoms with E-state index < -0.39 is 0 Å². The zero-order chi connectivity index (χ0) is 15.0. The molecule has 0 saturated heterocycles. The SMILES string of the molecule is CCCCOc1cc(C#N)c(/N=C/N(C)C)cc1OC. The fourth-order valence-corrected chi connectivity index (χ4v) is 1.52. The van der Waals surface area contributed by atoms with E-state index in [1.54, 1.807) is 30.5 Å². The van der Waals surface area contributed by atoms with E-state index in [9.17, 15) is 5.26 Å². The number of hydrogen-bond donors (Lipinski definition) is 0. The van der Waals surface area contributed by atoms with Crippen molar-refractivity contribution in [3.05, 3.63) is 17.7 Å². The van der Waals surface area contributed by atoms with Crippen LogP contribution in [0.25, 0.3) is 0 Å². The summed E-state index contributed by atoms with van der Waals surface area (Å²) in [5.74, 6) is 1.17. The minimum absolute atomic E-state index is 0.468. The zero-order valence-corrected chi connectivity index (χ0v) is 12.5. The molecule has 1 aromatic carbocycles. The second kappa shape index (κ2) is 8.05. The first-order chi connectivity index (χ1) is 9.62. The van der Waals surface area contributed by atoms with Gasteiger partial charge in [0.1, 0.15) is 6.07 Å². The molecule has 5 heteroatoms. The molecule has 0 aromatic heterocycles. The Labute approximate surface area is 120 Å². The van der Waals surface area contributed by atoms with Gasteiger partial charge in [0, 0.05) is 26.2 Å². The highest BCUT2D eigenvalue weighted by atomic mass is 16.5. The predicted molar refractivity (Wildman–Crippen MR) is 80.0 cm³/mol. The van der Waals surface area contributed by atoms with Crippen LogP contribution in [0.1, 0.15) is 25.3 Å². The average molecular weight is 275 g/mol.